The minimum atomic E-state index is -3.60. The van der Waals surface area contributed by atoms with E-state index in [-0.39, 0.29) is 0 Å². The molecule has 0 amide bonds. The van der Waals surface area contributed by atoms with Crippen molar-refractivity contribution >= 4 is 26.6 Å². The van der Waals surface area contributed by atoms with Crippen molar-refractivity contribution in [3.05, 3.63) is 60.8 Å². The Balaban J connectivity index is 1.71. The van der Waals surface area contributed by atoms with E-state index in [0.29, 0.717) is 10.9 Å². The second-order valence-electron chi connectivity index (χ2n) is 7.26. The fraction of sp³-hybridized carbons (Fsp3) is 0.333. The van der Waals surface area contributed by atoms with Crippen LogP contribution in [0.4, 0.5) is 5.69 Å². The third-order valence-electron chi connectivity index (χ3n) is 5.36. The second kappa shape index (κ2) is 7.02. The van der Waals surface area contributed by atoms with Gasteiger partial charge in [-0.05, 0) is 44.2 Å². The zero-order valence-electron chi connectivity index (χ0n) is 15.7. The maximum atomic E-state index is 13.1. The first kappa shape index (κ1) is 18.1. The standard InChI is InChI=1S/C21H25N3O2S/c1-17(2)22-13-15-23(16-14-22)20-9-6-10-21-19(20)11-12-24(21)27(25,26)18-7-4-3-5-8-18/h3-12,17H,13-16H2,1-2H3. The van der Waals surface area contributed by atoms with Crippen molar-refractivity contribution in [2.24, 2.45) is 0 Å². The van der Waals surface area contributed by atoms with Gasteiger partial charge in [0.1, 0.15) is 0 Å². The average Bonchev–Trinajstić information content (AvgIpc) is 3.14. The van der Waals surface area contributed by atoms with Crippen molar-refractivity contribution in [1.29, 1.82) is 0 Å². The van der Waals surface area contributed by atoms with Crippen LogP contribution >= 0.6 is 0 Å². The van der Waals surface area contributed by atoms with Crippen LogP contribution in [-0.4, -0.2) is 49.5 Å². The van der Waals surface area contributed by atoms with Gasteiger partial charge in [0.15, 0.2) is 0 Å². The average molecular weight is 384 g/mol. The Bertz CT molecular complexity index is 1030. The number of anilines is 1. The lowest BCUT2D eigenvalue weighted by atomic mass is 10.1. The van der Waals surface area contributed by atoms with Gasteiger partial charge in [-0.15, -0.1) is 0 Å². The third-order valence-corrected chi connectivity index (χ3v) is 7.06. The Kier molecular flexibility index (Phi) is 4.70. The summed E-state index contributed by atoms with van der Waals surface area (Å²) in [6.07, 6.45) is 1.67. The summed E-state index contributed by atoms with van der Waals surface area (Å²) >= 11 is 0. The molecule has 2 heterocycles. The molecule has 0 saturated carbocycles. The molecule has 1 saturated heterocycles. The van der Waals surface area contributed by atoms with Crippen LogP contribution in [0.25, 0.3) is 10.9 Å². The van der Waals surface area contributed by atoms with Crippen LogP contribution in [0.15, 0.2) is 65.7 Å². The minimum absolute atomic E-state index is 0.304. The molecule has 27 heavy (non-hydrogen) atoms. The van der Waals surface area contributed by atoms with Crippen molar-refractivity contribution in [2.45, 2.75) is 24.8 Å². The molecular weight excluding hydrogens is 358 g/mol. The lowest BCUT2D eigenvalue weighted by molar-refractivity contribution is 0.209. The molecular formula is C21H25N3O2S. The molecule has 0 spiro atoms. The van der Waals surface area contributed by atoms with Gasteiger partial charge in [-0.2, -0.15) is 0 Å². The van der Waals surface area contributed by atoms with E-state index >= 15 is 0 Å². The van der Waals surface area contributed by atoms with Crippen LogP contribution in [0.2, 0.25) is 0 Å². The molecule has 0 bridgehead atoms. The Morgan fingerprint density at radius 2 is 1.56 bits per heavy atom. The van der Waals surface area contributed by atoms with Gasteiger partial charge in [-0.25, -0.2) is 12.4 Å². The van der Waals surface area contributed by atoms with Gasteiger partial charge < -0.3 is 4.90 Å². The summed E-state index contributed by atoms with van der Waals surface area (Å²) in [7, 11) is -3.60. The molecule has 5 nitrogen and oxygen atoms in total. The molecule has 1 aromatic heterocycles. The molecule has 6 heteroatoms. The van der Waals surface area contributed by atoms with Crippen molar-refractivity contribution in [3.8, 4) is 0 Å². The highest BCUT2D eigenvalue weighted by molar-refractivity contribution is 7.90. The summed E-state index contributed by atoms with van der Waals surface area (Å²) in [6, 6.07) is 17.0. The number of rotatable bonds is 4. The Morgan fingerprint density at radius 3 is 2.22 bits per heavy atom. The minimum Gasteiger partial charge on any atom is -0.368 e. The monoisotopic (exact) mass is 383 g/mol. The Morgan fingerprint density at radius 1 is 0.852 bits per heavy atom. The summed E-state index contributed by atoms with van der Waals surface area (Å²) in [5, 5.41) is 0.981. The van der Waals surface area contributed by atoms with Crippen LogP contribution < -0.4 is 4.90 Å². The van der Waals surface area contributed by atoms with Crippen molar-refractivity contribution in [3.63, 3.8) is 0 Å². The van der Waals surface area contributed by atoms with E-state index in [2.05, 4.69) is 29.7 Å². The van der Waals surface area contributed by atoms with E-state index in [1.54, 1.807) is 30.5 Å². The highest BCUT2D eigenvalue weighted by Crippen LogP contribution is 2.31. The number of nitrogens with zero attached hydrogens (tertiary/aromatic N) is 3. The van der Waals surface area contributed by atoms with E-state index < -0.39 is 10.0 Å². The molecule has 4 rings (SSSR count). The number of fused-ring (bicyclic) bond motifs is 1. The van der Waals surface area contributed by atoms with E-state index in [4.69, 9.17) is 0 Å². The Hall–Kier alpha value is -2.31. The fourth-order valence-electron chi connectivity index (χ4n) is 3.80. The summed E-state index contributed by atoms with van der Waals surface area (Å²) in [6.45, 7) is 8.41. The van der Waals surface area contributed by atoms with Crippen LogP contribution in [0.3, 0.4) is 0 Å². The third kappa shape index (κ3) is 3.24. The maximum absolute atomic E-state index is 13.1. The first-order valence-electron chi connectivity index (χ1n) is 9.38. The topological polar surface area (TPSA) is 45.5 Å². The SMILES string of the molecule is CC(C)N1CCN(c2cccc3c2ccn3S(=O)(=O)c2ccccc2)CC1. The van der Waals surface area contributed by atoms with Crippen LogP contribution in [0.5, 0.6) is 0 Å². The summed E-state index contributed by atoms with van der Waals surface area (Å²) in [4.78, 5) is 5.14. The highest BCUT2D eigenvalue weighted by atomic mass is 32.2. The van der Waals surface area contributed by atoms with E-state index in [1.165, 1.54) is 3.97 Å². The van der Waals surface area contributed by atoms with E-state index in [1.807, 2.05) is 24.3 Å². The summed E-state index contributed by atoms with van der Waals surface area (Å²) in [5.41, 5.74) is 1.83. The zero-order chi connectivity index (χ0) is 19.0. The molecule has 0 aliphatic carbocycles. The van der Waals surface area contributed by atoms with Gasteiger partial charge in [-0.3, -0.25) is 4.90 Å². The predicted molar refractivity (Wildman–Crippen MR) is 110 cm³/mol. The Labute approximate surface area is 160 Å². The molecule has 142 valence electrons. The molecule has 0 radical (unpaired) electrons. The quantitative estimate of drug-likeness (QED) is 0.693. The van der Waals surface area contributed by atoms with Gasteiger partial charge in [0.2, 0.25) is 0 Å². The zero-order valence-corrected chi connectivity index (χ0v) is 16.6. The van der Waals surface area contributed by atoms with E-state index in [0.717, 1.165) is 42.8 Å². The molecule has 0 N–H and O–H groups in total. The summed E-state index contributed by atoms with van der Waals surface area (Å²) < 4.78 is 27.5. The number of hydrogen-bond acceptors (Lipinski definition) is 4. The van der Waals surface area contributed by atoms with Crippen LogP contribution in [0, 0.1) is 0 Å². The maximum Gasteiger partial charge on any atom is 0.268 e. The number of hydrogen-bond donors (Lipinski definition) is 0. The van der Waals surface area contributed by atoms with Crippen molar-refractivity contribution < 1.29 is 8.42 Å². The van der Waals surface area contributed by atoms with Gasteiger partial charge in [0, 0.05) is 49.5 Å². The van der Waals surface area contributed by atoms with Crippen LogP contribution in [-0.2, 0) is 10.0 Å². The molecule has 2 aromatic carbocycles. The normalized spacial score (nSPS) is 16.3. The first-order chi connectivity index (χ1) is 13.0. The fourth-order valence-corrected chi connectivity index (χ4v) is 5.16. The molecule has 3 aromatic rings. The molecule has 1 aliphatic heterocycles. The van der Waals surface area contributed by atoms with Gasteiger partial charge >= 0.3 is 0 Å². The van der Waals surface area contributed by atoms with Crippen molar-refractivity contribution in [2.75, 3.05) is 31.1 Å². The van der Waals surface area contributed by atoms with Gasteiger partial charge in [-0.1, -0.05) is 24.3 Å². The smallest absolute Gasteiger partial charge is 0.268 e. The number of benzene rings is 2. The van der Waals surface area contributed by atoms with Crippen LogP contribution in [0.1, 0.15) is 13.8 Å². The molecule has 1 fully saturated rings. The van der Waals surface area contributed by atoms with E-state index in [9.17, 15) is 8.42 Å². The van der Waals surface area contributed by atoms with Crippen molar-refractivity contribution in [1.82, 2.24) is 8.87 Å². The molecule has 0 atom stereocenters. The number of piperazine rings is 1. The number of aromatic nitrogens is 1. The molecule has 0 unspecified atom stereocenters. The highest BCUT2D eigenvalue weighted by Gasteiger charge is 2.23. The molecule has 1 aliphatic rings. The summed E-state index contributed by atoms with van der Waals surface area (Å²) in [5.74, 6) is 0. The first-order valence-corrected chi connectivity index (χ1v) is 10.8. The van der Waals surface area contributed by atoms with Gasteiger partial charge in [0.25, 0.3) is 10.0 Å². The largest absolute Gasteiger partial charge is 0.368 e. The van der Waals surface area contributed by atoms with Gasteiger partial charge in [0.05, 0.1) is 10.4 Å². The lowest BCUT2D eigenvalue weighted by Gasteiger charge is -2.38. The lowest BCUT2D eigenvalue weighted by Crippen LogP contribution is -2.48. The predicted octanol–water partition coefficient (Wildman–Crippen LogP) is 3.41. The second-order valence-corrected chi connectivity index (χ2v) is 9.07.